The number of rotatable bonds is 6. The maximum absolute atomic E-state index is 12.9. The molecule has 1 aliphatic rings. The van der Waals surface area contributed by atoms with E-state index in [1.807, 2.05) is 30.0 Å². The van der Waals surface area contributed by atoms with Gasteiger partial charge in [0.1, 0.15) is 0 Å². The van der Waals surface area contributed by atoms with Crippen molar-refractivity contribution in [2.24, 2.45) is 11.3 Å². The van der Waals surface area contributed by atoms with Crippen molar-refractivity contribution in [1.29, 1.82) is 0 Å². The smallest absolute Gasteiger partial charge is 0.225 e. The summed E-state index contributed by atoms with van der Waals surface area (Å²) < 4.78 is 0. The third-order valence-electron chi connectivity index (χ3n) is 4.94. The van der Waals surface area contributed by atoms with Gasteiger partial charge in [-0.2, -0.15) is 0 Å². The van der Waals surface area contributed by atoms with Gasteiger partial charge >= 0.3 is 0 Å². The third kappa shape index (κ3) is 6.15. The predicted octanol–water partition coefficient (Wildman–Crippen LogP) is 4.32. The molecule has 1 fully saturated rings. The fourth-order valence-corrected chi connectivity index (χ4v) is 3.63. The molecule has 1 N–H and O–H groups in total. The fraction of sp³-hybridized carbons (Fsp3) is 0.636. The molecule has 0 radical (unpaired) electrons. The van der Waals surface area contributed by atoms with Gasteiger partial charge in [-0.05, 0) is 36.7 Å². The maximum atomic E-state index is 12.9. The van der Waals surface area contributed by atoms with Gasteiger partial charge in [0.15, 0.2) is 0 Å². The van der Waals surface area contributed by atoms with Crippen molar-refractivity contribution in [3.05, 3.63) is 35.9 Å². The number of amides is 2. The summed E-state index contributed by atoms with van der Waals surface area (Å²) in [7, 11) is 0. The zero-order valence-corrected chi connectivity index (χ0v) is 16.8. The molecule has 1 saturated heterocycles. The fourth-order valence-electron chi connectivity index (χ4n) is 3.63. The van der Waals surface area contributed by atoms with Gasteiger partial charge in [-0.3, -0.25) is 9.59 Å². The summed E-state index contributed by atoms with van der Waals surface area (Å²) in [6, 6.07) is 10.2. The Bertz CT molecular complexity index is 592. The molecule has 1 aromatic rings. The second kappa shape index (κ2) is 9.20. The average molecular weight is 359 g/mol. The first kappa shape index (κ1) is 20.5. The number of hydrogen-bond donors (Lipinski definition) is 1. The van der Waals surface area contributed by atoms with E-state index < -0.39 is 0 Å². The first-order chi connectivity index (χ1) is 12.3. The molecule has 26 heavy (non-hydrogen) atoms. The van der Waals surface area contributed by atoms with Crippen molar-refractivity contribution in [3.8, 4) is 0 Å². The molecule has 2 unspecified atom stereocenters. The van der Waals surface area contributed by atoms with Crippen LogP contribution in [-0.4, -0.2) is 29.8 Å². The lowest BCUT2D eigenvalue weighted by Gasteiger charge is -2.34. The summed E-state index contributed by atoms with van der Waals surface area (Å²) in [6.45, 7) is 9.94. The van der Waals surface area contributed by atoms with Crippen LogP contribution in [0.2, 0.25) is 0 Å². The zero-order chi connectivity index (χ0) is 19.2. The van der Waals surface area contributed by atoms with Crippen LogP contribution in [0.5, 0.6) is 0 Å². The highest BCUT2D eigenvalue weighted by Crippen LogP contribution is 2.30. The molecule has 0 aliphatic carbocycles. The van der Waals surface area contributed by atoms with E-state index >= 15 is 0 Å². The summed E-state index contributed by atoms with van der Waals surface area (Å²) in [5.41, 5.74) is 1.26. The molecule has 1 aromatic carbocycles. The Morgan fingerprint density at radius 3 is 2.54 bits per heavy atom. The first-order valence-corrected chi connectivity index (χ1v) is 9.93. The van der Waals surface area contributed by atoms with Gasteiger partial charge in [-0.25, -0.2) is 0 Å². The van der Waals surface area contributed by atoms with E-state index in [4.69, 9.17) is 0 Å². The Morgan fingerprint density at radius 2 is 1.92 bits per heavy atom. The van der Waals surface area contributed by atoms with Crippen LogP contribution in [0, 0.1) is 11.3 Å². The molecule has 1 aliphatic heterocycles. The van der Waals surface area contributed by atoms with Gasteiger partial charge in [0.2, 0.25) is 11.8 Å². The van der Waals surface area contributed by atoms with E-state index in [2.05, 4.69) is 38.2 Å². The second-order valence-electron chi connectivity index (χ2n) is 8.67. The molecule has 144 valence electrons. The lowest BCUT2D eigenvalue weighted by Crippen LogP contribution is -2.46. The van der Waals surface area contributed by atoms with E-state index in [9.17, 15) is 9.59 Å². The van der Waals surface area contributed by atoms with Crippen molar-refractivity contribution in [2.75, 3.05) is 13.1 Å². The highest BCUT2D eigenvalue weighted by molar-refractivity contribution is 5.81. The van der Waals surface area contributed by atoms with Gasteiger partial charge < -0.3 is 10.2 Å². The summed E-state index contributed by atoms with van der Waals surface area (Å²) in [5, 5.41) is 3.27. The van der Waals surface area contributed by atoms with E-state index in [-0.39, 0.29) is 29.2 Å². The maximum Gasteiger partial charge on any atom is 0.225 e. The number of nitrogens with zero attached hydrogens (tertiary/aromatic N) is 1. The number of benzene rings is 1. The Hall–Kier alpha value is -1.84. The van der Waals surface area contributed by atoms with Crippen LogP contribution < -0.4 is 5.32 Å². The Labute approximate surface area is 158 Å². The second-order valence-corrected chi connectivity index (χ2v) is 8.67. The Kier molecular flexibility index (Phi) is 7.24. The minimum Gasteiger partial charge on any atom is -0.349 e. The first-order valence-electron chi connectivity index (χ1n) is 9.93. The van der Waals surface area contributed by atoms with Crippen molar-refractivity contribution in [2.45, 2.75) is 65.8 Å². The lowest BCUT2D eigenvalue weighted by atomic mass is 9.85. The van der Waals surface area contributed by atoms with E-state index in [1.54, 1.807) is 0 Å². The predicted molar refractivity (Wildman–Crippen MR) is 106 cm³/mol. The monoisotopic (exact) mass is 358 g/mol. The number of piperidine rings is 1. The molecular formula is C22H34N2O2. The molecule has 0 spiro atoms. The Balaban J connectivity index is 2.05. The SMILES string of the molecule is CCCC(=O)N1CCCC(C(=O)NC(CC(C)(C)C)c2ccccc2)C1. The van der Waals surface area contributed by atoms with Crippen molar-refractivity contribution in [3.63, 3.8) is 0 Å². The molecule has 4 heteroatoms. The van der Waals surface area contributed by atoms with Crippen LogP contribution in [0.25, 0.3) is 0 Å². The van der Waals surface area contributed by atoms with Gasteiger partial charge in [0.05, 0.1) is 12.0 Å². The number of nitrogens with one attached hydrogen (secondary N) is 1. The van der Waals surface area contributed by atoms with Gasteiger partial charge in [-0.1, -0.05) is 58.0 Å². The van der Waals surface area contributed by atoms with E-state index in [0.29, 0.717) is 13.0 Å². The minimum absolute atomic E-state index is 0.00502. The van der Waals surface area contributed by atoms with Crippen LogP contribution >= 0.6 is 0 Å². The summed E-state index contributed by atoms with van der Waals surface area (Å²) in [4.78, 5) is 27.0. The molecule has 2 rings (SSSR count). The van der Waals surface area contributed by atoms with Crippen LogP contribution in [-0.2, 0) is 9.59 Å². The molecular weight excluding hydrogens is 324 g/mol. The summed E-state index contributed by atoms with van der Waals surface area (Å²) >= 11 is 0. The highest BCUT2D eigenvalue weighted by atomic mass is 16.2. The highest BCUT2D eigenvalue weighted by Gasteiger charge is 2.30. The van der Waals surface area contributed by atoms with Crippen LogP contribution in [0.3, 0.4) is 0 Å². The third-order valence-corrected chi connectivity index (χ3v) is 4.94. The molecule has 1 heterocycles. The molecule has 4 nitrogen and oxygen atoms in total. The lowest BCUT2D eigenvalue weighted by molar-refractivity contribution is -0.136. The quantitative estimate of drug-likeness (QED) is 0.823. The van der Waals surface area contributed by atoms with Gasteiger partial charge in [-0.15, -0.1) is 0 Å². The molecule has 0 saturated carbocycles. The van der Waals surface area contributed by atoms with E-state index in [0.717, 1.165) is 37.8 Å². The molecule has 0 aromatic heterocycles. The van der Waals surface area contributed by atoms with Gasteiger partial charge in [0, 0.05) is 19.5 Å². The number of carbonyl (C=O) groups excluding carboxylic acids is 2. The summed E-state index contributed by atoms with van der Waals surface area (Å²) in [5.74, 6) is 0.159. The van der Waals surface area contributed by atoms with Crippen molar-refractivity contribution >= 4 is 11.8 Å². The standard InChI is InChI=1S/C22H34N2O2/c1-5-10-20(25)24-14-9-13-18(16-24)21(26)23-19(15-22(2,3)4)17-11-7-6-8-12-17/h6-8,11-12,18-19H,5,9-10,13-16H2,1-4H3,(H,23,26). The molecule has 2 amide bonds. The topological polar surface area (TPSA) is 49.4 Å². The number of carbonyl (C=O) groups is 2. The van der Waals surface area contributed by atoms with Crippen LogP contribution in [0.1, 0.15) is 71.4 Å². The molecule has 0 bridgehead atoms. The van der Waals surface area contributed by atoms with Crippen molar-refractivity contribution < 1.29 is 9.59 Å². The number of likely N-dealkylation sites (tertiary alicyclic amines) is 1. The summed E-state index contributed by atoms with van der Waals surface area (Å²) in [6.07, 6.45) is 4.08. The van der Waals surface area contributed by atoms with E-state index in [1.165, 1.54) is 0 Å². The normalized spacial score (nSPS) is 19.1. The van der Waals surface area contributed by atoms with Crippen LogP contribution in [0.4, 0.5) is 0 Å². The van der Waals surface area contributed by atoms with Gasteiger partial charge in [0.25, 0.3) is 0 Å². The minimum atomic E-state index is -0.101. The zero-order valence-electron chi connectivity index (χ0n) is 16.8. The average Bonchev–Trinajstić information content (AvgIpc) is 2.61. The van der Waals surface area contributed by atoms with Crippen molar-refractivity contribution in [1.82, 2.24) is 10.2 Å². The van der Waals surface area contributed by atoms with Crippen LogP contribution in [0.15, 0.2) is 30.3 Å². The Morgan fingerprint density at radius 1 is 1.23 bits per heavy atom. The largest absolute Gasteiger partial charge is 0.349 e. The number of hydrogen-bond acceptors (Lipinski definition) is 2. The molecule has 2 atom stereocenters.